The zero-order chi connectivity index (χ0) is 40.2. The summed E-state index contributed by atoms with van der Waals surface area (Å²) in [6.07, 6.45) is 3.70. The number of carbonyl (C=O) groups excluding carboxylic acids is 5. The van der Waals surface area contributed by atoms with E-state index >= 15 is 0 Å². The maximum absolute atomic E-state index is 13.5. The van der Waals surface area contributed by atoms with Crippen molar-refractivity contribution < 1.29 is 42.9 Å². The molecule has 0 radical (unpaired) electrons. The third kappa shape index (κ3) is 7.75. The molecule has 53 heavy (non-hydrogen) atoms. The molecule has 3 saturated carbocycles. The molecule has 4 aliphatic rings. The van der Waals surface area contributed by atoms with Crippen molar-refractivity contribution in [2.45, 2.75) is 179 Å². The number of carbonyl (C=O) groups is 5. The van der Waals surface area contributed by atoms with Crippen LogP contribution in [0.3, 0.4) is 0 Å². The van der Waals surface area contributed by atoms with Gasteiger partial charge >= 0.3 is 23.9 Å². The van der Waals surface area contributed by atoms with Crippen molar-refractivity contribution in [1.29, 1.82) is 0 Å². The quantitative estimate of drug-likeness (QED) is 0.110. The number of rotatable bonds is 12. The molecule has 0 aromatic carbocycles. The van der Waals surface area contributed by atoms with Crippen molar-refractivity contribution in [1.82, 2.24) is 0 Å². The molecular weight excluding hydrogens is 672 g/mol. The highest BCUT2D eigenvalue weighted by atomic mass is 16.6. The highest BCUT2D eigenvalue weighted by Gasteiger charge is 2.70. The van der Waals surface area contributed by atoms with Crippen LogP contribution < -0.4 is 0 Å². The van der Waals surface area contributed by atoms with E-state index in [4.69, 9.17) is 18.9 Å². The van der Waals surface area contributed by atoms with Crippen LogP contribution in [-0.2, 0) is 42.9 Å². The van der Waals surface area contributed by atoms with E-state index in [0.717, 1.165) is 32.1 Å². The first kappa shape index (κ1) is 43.0. The molecule has 9 nitrogen and oxygen atoms in total. The summed E-state index contributed by atoms with van der Waals surface area (Å²) in [6, 6.07) is 0. The van der Waals surface area contributed by atoms with Gasteiger partial charge in [0.1, 0.15) is 23.6 Å². The van der Waals surface area contributed by atoms with Gasteiger partial charge in [-0.05, 0) is 80.5 Å². The van der Waals surface area contributed by atoms with E-state index in [1.165, 1.54) is 18.1 Å². The lowest BCUT2D eigenvalue weighted by Crippen LogP contribution is -2.66. The van der Waals surface area contributed by atoms with E-state index in [2.05, 4.69) is 41.5 Å². The Morgan fingerprint density at radius 3 is 1.91 bits per heavy atom. The fourth-order valence-electron chi connectivity index (χ4n) is 11.4. The summed E-state index contributed by atoms with van der Waals surface area (Å²) in [5.74, 6) is -2.25. The van der Waals surface area contributed by atoms with Gasteiger partial charge in [0, 0.05) is 31.1 Å². The molecule has 0 aromatic rings. The predicted molar refractivity (Wildman–Crippen MR) is 203 cm³/mol. The van der Waals surface area contributed by atoms with E-state index in [1.807, 2.05) is 13.8 Å². The SMILES string of the molecule is CC(=O)OC(C)(C)[C@H](OC(=O)C(C)C)[C@H](C[C@@H](C)C1=C2C[C@H](OC(=O)C(C)C)[C@H]3[C@@]4(C)CCC(=O)C(C)(C)[C@@H]4CC[C@]3(C)[C@@]2(C)CC1)OC(=O)C(C)C. The standard InChI is InChI=1S/C44H70O9/c1-24(2)37(47)50-31-23-30-29(16-20-43(30,14)44(15)21-17-33-40(9,10)34(46)18-19-42(33,13)35(31)44)27(7)22-32(51-38(48)25(3)4)36(52-39(49)26(5)6)41(11,12)53-28(8)45/h24-27,31-33,35-36H,16-23H2,1-15H3/t27-,31+,32+,33+,35+,36-,42+,43+,44+/m1/s1. The molecule has 0 aliphatic heterocycles. The fourth-order valence-corrected chi connectivity index (χ4v) is 11.4. The van der Waals surface area contributed by atoms with E-state index in [9.17, 15) is 24.0 Å². The van der Waals surface area contributed by atoms with Crippen LogP contribution in [0.15, 0.2) is 11.1 Å². The van der Waals surface area contributed by atoms with Crippen LogP contribution in [0.2, 0.25) is 0 Å². The van der Waals surface area contributed by atoms with E-state index in [-0.39, 0.29) is 52.0 Å². The van der Waals surface area contributed by atoms with Crippen molar-refractivity contribution in [3.05, 3.63) is 11.1 Å². The molecule has 0 unspecified atom stereocenters. The lowest BCUT2D eigenvalue weighted by atomic mass is 9.36. The lowest BCUT2D eigenvalue weighted by molar-refractivity contribution is -0.219. The van der Waals surface area contributed by atoms with Gasteiger partial charge in [-0.25, -0.2) is 0 Å². The molecule has 0 bridgehead atoms. The summed E-state index contributed by atoms with van der Waals surface area (Å²) in [7, 11) is 0. The summed E-state index contributed by atoms with van der Waals surface area (Å²) < 4.78 is 24.6. The molecule has 0 heterocycles. The number of Topliss-reactive ketones (excluding diaryl/α,β-unsaturated/α-hetero) is 1. The first-order valence-electron chi connectivity index (χ1n) is 20.3. The molecule has 0 spiro atoms. The highest BCUT2D eigenvalue weighted by Crippen LogP contribution is 2.74. The summed E-state index contributed by atoms with van der Waals surface area (Å²) in [5, 5.41) is 0. The molecule has 300 valence electrons. The molecule has 0 N–H and O–H groups in total. The molecular formula is C44H70O9. The molecule has 9 heteroatoms. The average molecular weight is 743 g/mol. The topological polar surface area (TPSA) is 122 Å². The Labute approximate surface area is 319 Å². The van der Waals surface area contributed by atoms with Gasteiger partial charge in [0.2, 0.25) is 0 Å². The van der Waals surface area contributed by atoms with Crippen molar-refractivity contribution in [3.8, 4) is 0 Å². The Morgan fingerprint density at radius 1 is 0.792 bits per heavy atom. The van der Waals surface area contributed by atoms with Gasteiger partial charge in [0.25, 0.3) is 0 Å². The molecule has 4 rings (SSSR count). The average Bonchev–Trinajstić information content (AvgIpc) is 3.38. The van der Waals surface area contributed by atoms with Gasteiger partial charge in [0.15, 0.2) is 6.10 Å². The largest absolute Gasteiger partial charge is 0.461 e. The molecule has 4 aliphatic carbocycles. The Hall–Kier alpha value is -2.71. The van der Waals surface area contributed by atoms with Gasteiger partial charge in [0.05, 0.1) is 17.8 Å². The lowest BCUT2D eigenvalue weighted by Gasteiger charge is -2.69. The molecule has 9 atom stereocenters. The van der Waals surface area contributed by atoms with Crippen molar-refractivity contribution >= 4 is 29.7 Å². The van der Waals surface area contributed by atoms with Crippen LogP contribution in [-0.4, -0.2) is 53.6 Å². The van der Waals surface area contributed by atoms with E-state index in [0.29, 0.717) is 25.0 Å². The maximum Gasteiger partial charge on any atom is 0.308 e. The maximum atomic E-state index is 13.5. The van der Waals surface area contributed by atoms with Crippen molar-refractivity contribution in [2.75, 3.05) is 0 Å². The zero-order valence-electron chi connectivity index (χ0n) is 35.5. The Balaban J connectivity index is 1.82. The minimum atomic E-state index is -1.29. The Kier molecular flexibility index (Phi) is 12.2. The minimum absolute atomic E-state index is 0.0799. The summed E-state index contributed by atoms with van der Waals surface area (Å²) >= 11 is 0. The van der Waals surface area contributed by atoms with Crippen LogP contribution in [0.25, 0.3) is 0 Å². The first-order chi connectivity index (χ1) is 24.2. The van der Waals surface area contributed by atoms with Crippen LogP contribution >= 0.6 is 0 Å². The number of ketones is 1. The number of fused-ring (bicyclic) bond motifs is 5. The van der Waals surface area contributed by atoms with Crippen LogP contribution in [0, 0.1) is 57.2 Å². The Morgan fingerprint density at radius 2 is 1.36 bits per heavy atom. The first-order valence-corrected chi connectivity index (χ1v) is 20.3. The van der Waals surface area contributed by atoms with Crippen LogP contribution in [0.4, 0.5) is 0 Å². The second kappa shape index (κ2) is 15.1. The van der Waals surface area contributed by atoms with E-state index in [1.54, 1.807) is 41.5 Å². The minimum Gasteiger partial charge on any atom is -0.461 e. The summed E-state index contributed by atoms with van der Waals surface area (Å²) in [5.41, 5.74) is 0.321. The molecule has 0 amide bonds. The number of ether oxygens (including phenoxy) is 4. The number of esters is 4. The van der Waals surface area contributed by atoms with Gasteiger partial charge in [-0.1, -0.05) is 94.2 Å². The smallest absolute Gasteiger partial charge is 0.308 e. The molecule has 0 saturated heterocycles. The fraction of sp³-hybridized carbons (Fsp3) is 0.841. The molecule has 0 aromatic heterocycles. The van der Waals surface area contributed by atoms with Crippen LogP contribution in [0.1, 0.15) is 155 Å². The van der Waals surface area contributed by atoms with Crippen molar-refractivity contribution in [3.63, 3.8) is 0 Å². The highest BCUT2D eigenvalue weighted by molar-refractivity contribution is 5.85. The van der Waals surface area contributed by atoms with Gasteiger partial charge in [-0.15, -0.1) is 0 Å². The Bertz CT molecular complexity index is 1480. The third-order valence-electron chi connectivity index (χ3n) is 14.4. The zero-order valence-corrected chi connectivity index (χ0v) is 35.5. The monoisotopic (exact) mass is 743 g/mol. The second-order valence-electron chi connectivity index (χ2n) is 19.8. The van der Waals surface area contributed by atoms with Gasteiger partial charge in [-0.2, -0.15) is 0 Å². The summed E-state index contributed by atoms with van der Waals surface area (Å²) in [4.78, 5) is 65.5. The van der Waals surface area contributed by atoms with Gasteiger partial charge < -0.3 is 18.9 Å². The summed E-state index contributed by atoms with van der Waals surface area (Å²) in [6.45, 7) is 29.0. The normalized spacial score (nSPS) is 32.7. The number of hydrogen-bond acceptors (Lipinski definition) is 9. The third-order valence-corrected chi connectivity index (χ3v) is 14.4. The second-order valence-corrected chi connectivity index (χ2v) is 19.8. The van der Waals surface area contributed by atoms with Gasteiger partial charge in [-0.3, -0.25) is 24.0 Å². The van der Waals surface area contributed by atoms with E-state index < -0.39 is 53.0 Å². The predicted octanol–water partition coefficient (Wildman–Crippen LogP) is 8.99. The number of hydrogen-bond donors (Lipinski definition) is 0. The van der Waals surface area contributed by atoms with Crippen molar-refractivity contribution in [2.24, 2.45) is 57.2 Å². The molecule has 3 fully saturated rings. The van der Waals surface area contributed by atoms with Crippen LogP contribution in [0.5, 0.6) is 0 Å². The number of allylic oxidation sites excluding steroid dienone is 1.